The molecule has 0 saturated carbocycles. The third kappa shape index (κ3) is 3.65. The molecule has 90 valence electrons. The average Bonchev–Trinajstić information content (AvgIpc) is 2.28. The van der Waals surface area contributed by atoms with Gasteiger partial charge in [0.25, 0.3) is 0 Å². The van der Waals surface area contributed by atoms with Crippen LogP contribution in [0.25, 0.3) is 0 Å². The van der Waals surface area contributed by atoms with E-state index < -0.39 is 0 Å². The highest BCUT2D eigenvalue weighted by Crippen LogP contribution is 2.14. The van der Waals surface area contributed by atoms with Gasteiger partial charge in [-0.3, -0.25) is 0 Å². The van der Waals surface area contributed by atoms with E-state index in [-0.39, 0.29) is 0 Å². The quantitative estimate of drug-likeness (QED) is 0.704. The summed E-state index contributed by atoms with van der Waals surface area (Å²) >= 11 is 0. The van der Waals surface area contributed by atoms with Gasteiger partial charge in [0, 0.05) is 31.9 Å². The molecule has 0 aliphatic heterocycles. The predicted octanol–water partition coefficient (Wildman–Crippen LogP) is 2.21. The van der Waals surface area contributed by atoms with Crippen LogP contribution in [-0.4, -0.2) is 36.0 Å². The van der Waals surface area contributed by atoms with E-state index in [0.717, 1.165) is 38.3 Å². The Bertz CT molecular complexity index is 177. The lowest BCUT2D eigenvalue weighted by molar-refractivity contribution is 0.229. The highest BCUT2D eigenvalue weighted by Gasteiger charge is 2.14. The van der Waals surface area contributed by atoms with Gasteiger partial charge >= 0.3 is 0 Å². The monoisotopic (exact) mass is 213 g/mol. The fourth-order valence-corrected chi connectivity index (χ4v) is 1.81. The largest absolute Gasteiger partial charge is 0.399 e. The number of hydrogen-bond acceptors (Lipinski definition) is 3. The summed E-state index contributed by atoms with van der Waals surface area (Å²) in [7, 11) is 0. The Morgan fingerprint density at radius 3 is 1.33 bits per heavy atom. The number of rotatable bonds is 7. The third-order valence-electron chi connectivity index (χ3n) is 2.79. The Kier molecular flexibility index (Phi) is 7.01. The Balaban J connectivity index is 5.03. The van der Waals surface area contributed by atoms with E-state index in [9.17, 15) is 0 Å². The molecule has 0 amide bonds. The molecule has 0 rings (SSSR count). The van der Waals surface area contributed by atoms with E-state index in [1.807, 2.05) is 0 Å². The molecule has 0 aromatic rings. The molecule has 0 aromatic carbocycles. The molecule has 0 unspecified atom stereocenters. The number of nitrogens with two attached hydrogens (primary N) is 1. The second-order valence-corrected chi connectivity index (χ2v) is 3.55. The van der Waals surface area contributed by atoms with Crippen molar-refractivity contribution < 1.29 is 0 Å². The van der Waals surface area contributed by atoms with Crippen LogP contribution in [0.5, 0.6) is 0 Å². The van der Waals surface area contributed by atoms with Crippen molar-refractivity contribution >= 4 is 0 Å². The maximum absolute atomic E-state index is 6.12. The second-order valence-electron chi connectivity index (χ2n) is 3.55. The van der Waals surface area contributed by atoms with Crippen LogP contribution in [0.15, 0.2) is 11.5 Å². The topological polar surface area (TPSA) is 32.5 Å². The van der Waals surface area contributed by atoms with Crippen molar-refractivity contribution in [2.24, 2.45) is 5.73 Å². The van der Waals surface area contributed by atoms with Crippen molar-refractivity contribution in [3.63, 3.8) is 0 Å². The molecule has 2 N–H and O–H groups in total. The van der Waals surface area contributed by atoms with Gasteiger partial charge in [-0.1, -0.05) is 6.92 Å². The van der Waals surface area contributed by atoms with Crippen LogP contribution >= 0.6 is 0 Å². The van der Waals surface area contributed by atoms with Crippen molar-refractivity contribution in [2.45, 2.75) is 41.0 Å². The van der Waals surface area contributed by atoms with Crippen molar-refractivity contribution in [2.75, 3.05) is 26.2 Å². The number of nitrogens with zero attached hydrogens (tertiary/aromatic N) is 2. The molecule has 0 spiro atoms. The Labute approximate surface area is 94.9 Å². The van der Waals surface area contributed by atoms with Crippen LogP contribution in [-0.2, 0) is 0 Å². The summed E-state index contributed by atoms with van der Waals surface area (Å²) in [6, 6.07) is 0. The molecule has 0 aliphatic rings. The van der Waals surface area contributed by atoms with Gasteiger partial charge in [0.2, 0.25) is 0 Å². The predicted molar refractivity (Wildman–Crippen MR) is 67.3 cm³/mol. The van der Waals surface area contributed by atoms with Gasteiger partial charge in [-0.2, -0.15) is 0 Å². The normalized spacial score (nSPS) is 9.93. The maximum atomic E-state index is 6.12. The molecule has 0 radical (unpaired) electrons. The first kappa shape index (κ1) is 14.1. The molecular formula is C12H27N3. The molecule has 3 nitrogen and oxygen atoms in total. The first-order chi connectivity index (χ1) is 7.15. The SMILES string of the molecule is CCC(N)=C(N(CC)CC)N(CC)CC. The molecule has 0 aromatic heterocycles. The van der Waals surface area contributed by atoms with Crippen LogP contribution in [0.2, 0.25) is 0 Å². The summed E-state index contributed by atoms with van der Waals surface area (Å²) in [5, 5.41) is 0. The van der Waals surface area contributed by atoms with Gasteiger partial charge in [-0.25, -0.2) is 0 Å². The van der Waals surface area contributed by atoms with Crippen molar-refractivity contribution in [1.29, 1.82) is 0 Å². The molecular weight excluding hydrogens is 186 g/mol. The van der Waals surface area contributed by atoms with E-state index in [1.165, 1.54) is 5.82 Å². The zero-order chi connectivity index (χ0) is 11.8. The zero-order valence-corrected chi connectivity index (χ0v) is 11.0. The molecule has 0 aliphatic carbocycles. The number of hydrogen-bond donors (Lipinski definition) is 1. The van der Waals surface area contributed by atoms with Gasteiger partial charge < -0.3 is 15.5 Å². The van der Waals surface area contributed by atoms with Crippen LogP contribution in [0.4, 0.5) is 0 Å². The van der Waals surface area contributed by atoms with Crippen LogP contribution in [0.1, 0.15) is 41.0 Å². The zero-order valence-electron chi connectivity index (χ0n) is 11.0. The van der Waals surface area contributed by atoms with Gasteiger partial charge in [0.1, 0.15) is 5.82 Å². The summed E-state index contributed by atoms with van der Waals surface area (Å²) in [4.78, 5) is 4.68. The minimum atomic E-state index is 0.919. The second kappa shape index (κ2) is 7.43. The van der Waals surface area contributed by atoms with Crippen LogP contribution in [0, 0.1) is 0 Å². The van der Waals surface area contributed by atoms with E-state index in [0.29, 0.717) is 0 Å². The number of allylic oxidation sites excluding steroid dienone is 1. The highest BCUT2D eigenvalue weighted by atomic mass is 15.3. The smallest absolute Gasteiger partial charge is 0.123 e. The Morgan fingerprint density at radius 2 is 1.13 bits per heavy atom. The lowest BCUT2D eigenvalue weighted by atomic mass is 10.3. The van der Waals surface area contributed by atoms with E-state index in [1.54, 1.807) is 0 Å². The lowest BCUT2D eigenvalue weighted by Crippen LogP contribution is -2.37. The summed E-state index contributed by atoms with van der Waals surface area (Å²) in [5.41, 5.74) is 7.12. The van der Waals surface area contributed by atoms with Gasteiger partial charge in [0.15, 0.2) is 0 Å². The Hall–Kier alpha value is -0.860. The fraction of sp³-hybridized carbons (Fsp3) is 0.833. The van der Waals surface area contributed by atoms with Crippen molar-refractivity contribution in [3.8, 4) is 0 Å². The molecule has 0 heterocycles. The Morgan fingerprint density at radius 1 is 0.800 bits per heavy atom. The first-order valence-electron chi connectivity index (χ1n) is 6.14. The van der Waals surface area contributed by atoms with E-state index >= 15 is 0 Å². The van der Waals surface area contributed by atoms with E-state index in [2.05, 4.69) is 44.4 Å². The molecule has 3 heteroatoms. The molecule has 0 fully saturated rings. The summed E-state index contributed by atoms with van der Waals surface area (Å²) < 4.78 is 0. The summed E-state index contributed by atoms with van der Waals surface area (Å²) in [5.74, 6) is 1.23. The average molecular weight is 213 g/mol. The fourth-order valence-electron chi connectivity index (χ4n) is 1.81. The molecule has 0 atom stereocenters. The van der Waals surface area contributed by atoms with Crippen LogP contribution in [0.3, 0.4) is 0 Å². The van der Waals surface area contributed by atoms with Gasteiger partial charge in [-0.05, 0) is 34.1 Å². The molecule has 0 bridgehead atoms. The lowest BCUT2D eigenvalue weighted by Gasteiger charge is -2.35. The van der Waals surface area contributed by atoms with Crippen molar-refractivity contribution in [1.82, 2.24) is 9.80 Å². The summed E-state index contributed by atoms with van der Waals surface area (Å²) in [6.07, 6.45) is 0.919. The third-order valence-corrected chi connectivity index (χ3v) is 2.79. The maximum Gasteiger partial charge on any atom is 0.123 e. The van der Waals surface area contributed by atoms with Crippen LogP contribution < -0.4 is 5.73 Å². The molecule has 15 heavy (non-hydrogen) atoms. The van der Waals surface area contributed by atoms with Crippen molar-refractivity contribution in [3.05, 3.63) is 11.5 Å². The first-order valence-corrected chi connectivity index (χ1v) is 6.14. The van der Waals surface area contributed by atoms with E-state index in [4.69, 9.17) is 5.73 Å². The minimum absolute atomic E-state index is 0.919. The summed E-state index contributed by atoms with van der Waals surface area (Å²) in [6.45, 7) is 14.9. The highest BCUT2D eigenvalue weighted by molar-refractivity contribution is 5.09. The van der Waals surface area contributed by atoms with Gasteiger partial charge in [-0.15, -0.1) is 0 Å². The molecule has 0 saturated heterocycles. The van der Waals surface area contributed by atoms with Gasteiger partial charge in [0.05, 0.1) is 0 Å². The minimum Gasteiger partial charge on any atom is -0.399 e. The standard InChI is InChI=1S/C12H27N3/c1-6-11(13)12(14(7-2)8-3)15(9-4)10-5/h6-10,13H2,1-5H3.